The van der Waals surface area contributed by atoms with E-state index in [2.05, 4.69) is 27.2 Å². The number of nitrogens with zero attached hydrogens (tertiary/aromatic N) is 4. The average molecular weight is 416 g/mol. The topological polar surface area (TPSA) is 115 Å². The molecule has 0 spiro atoms. The Morgan fingerprint density at radius 1 is 1.32 bits per heavy atom. The van der Waals surface area contributed by atoms with Crippen LogP contribution in [0.25, 0.3) is 22.3 Å². The number of aromatic nitrogens is 3. The first-order valence-corrected chi connectivity index (χ1v) is 10.3. The van der Waals surface area contributed by atoms with E-state index in [9.17, 15) is 9.59 Å². The number of pyridine rings is 2. The van der Waals surface area contributed by atoms with E-state index in [4.69, 9.17) is 5.26 Å². The van der Waals surface area contributed by atoms with Gasteiger partial charge >= 0.3 is 0 Å². The van der Waals surface area contributed by atoms with Gasteiger partial charge in [0.15, 0.2) is 5.78 Å². The molecule has 0 unspecified atom stereocenters. The molecule has 1 amide bonds. The smallest absolute Gasteiger partial charge is 0.236 e. The Labute approximate surface area is 180 Å². The molecule has 3 aromatic rings. The number of aromatic amines is 1. The first kappa shape index (κ1) is 20.5. The monoisotopic (exact) mass is 416 g/mol. The number of hydrogen-bond acceptors (Lipinski definition) is 6. The SMILES string of the molecule is CC(=O)c1ccnc(-c2cnc3[nH]ccc3c2N[C@@H]2C[C@H](C)CN(C(=O)CC#N)C2)c1. The number of nitrogens with one attached hydrogen (secondary N) is 2. The van der Waals surface area contributed by atoms with Gasteiger partial charge in [-0.3, -0.25) is 14.6 Å². The third-order valence-corrected chi connectivity index (χ3v) is 5.62. The highest BCUT2D eigenvalue weighted by Crippen LogP contribution is 2.34. The Bertz CT molecular complexity index is 1180. The molecule has 8 nitrogen and oxygen atoms in total. The summed E-state index contributed by atoms with van der Waals surface area (Å²) in [6.45, 7) is 4.82. The van der Waals surface area contributed by atoms with Gasteiger partial charge in [-0.15, -0.1) is 0 Å². The van der Waals surface area contributed by atoms with Crippen molar-refractivity contribution in [1.29, 1.82) is 5.26 Å². The van der Waals surface area contributed by atoms with Crippen molar-refractivity contribution in [3.05, 3.63) is 42.4 Å². The van der Waals surface area contributed by atoms with Crippen LogP contribution in [0.4, 0.5) is 5.69 Å². The molecule has 31 heavy (non-hydrogen) atoms. The first-order chi connectivity index (χ1) is 15.0. The lowest BCUT2D eigenvalue weighted by atomic mass is 9.94. The van der Waals surface area contributed by atoms with Crippen LogP contribution in [-0.4, -0.2) is 50.7 Å². The van der Waals surface area contributed by atoms with E-state index < -0.39 is 0 Å². The molecule has 0 radical (unpaired) electrons. The van der Waals surface area contributed by atoms with Crippen molar-refractivity contribution >= 4 is 28.4 Å². The highest BCUT2D eigenvalue weighted by molar-refractivity contribution is 5.99. The van der Waals surface area contributed by atoms with Crippen molar-refractivity contribution in [2.75, 3.05) is 18.4 Å². The molecule has 0 saturated carbocycles. The van der Waals surface area contributed by atoms with Gasteiger partial charge < -0.3 is 15.2 Å². The van der Waals surface area contributed by atoms with Gasteiger partial charge in [0.05, 0.1) is 17.5 Å². The van der Waals surface area contributed by atoms with Crippen molar-refractivity contribution < 1.29 is 9.59 Å². The summed E-state index contributed by atoms with van der Waals surface area (Å²) in [5, 5.41) is 13.4. The number of carbonyl (C=O) groups is 2. The van der Waals surface area contributed by atoms with Gasteiger partial charge in [-0.05, 0) is 37.5 Å². The van der Waals surface area contributed by atoms with Gasteiger partial charge in [0.25, 0.3) is 0 Å². The lowest BCUT2D eigenvalue weighted by Gasteiger charge is -2.37. The summed E-state index contributed by atoms with van der Waals surface area (Å²) in [6, 6.07) is 7.39. The number of nitriles is 1. The third kappa shape index (κ3) is 4.26. The maximum atomic E-state index is 12.3. The van der Waals surface area contributed by atoms with Gasteiger partial charge in [0.2, 0.25) is 5.91 Å². The number of H-pyrrole nitrogens is 1. The fourth-order valence-corrected chi connectivity index (χ4v) is 4.20. The first-order valence-electron chi connectivity index (χ1n) is 10.3. The van der Waals surface area contributed by atoms with Crippen molar-refractivity contribution in [1.82, 2.24) is 19.9 Å². The molecule has 1 saturated heterocycles. The quantitative estimate of drug-likeness (QED) is 0.616. The van der Waals surface area contributed by atoms with Gasteiger partial charge in [0.1, 0.15) is 12.1 Å². The van der Waals surface area contributed by atoms with Crippen molar-refractivity contribution in [2.24, 2.45) is 5.92 Å². The zero-order valence-electron chi connectivity index (χ0n) is 17.6. The molecule has 3 aromatic heterocycles. The van der Waals surface area contributed by atoms with Gasteiger partial charge in [-0.1, -0.05) is 6.92 Å². The Kier molecular flexibility index (Phi) is 5.67. The van der Waals surface area contributed by atoms with Crippen LogP contribution >= 0.6 is 0 Å². The van der Waals surface area contributed by atoms with E-state index in [0.717, 1.165) is 28.7 Å². The Hall–Kier alpha value is -3.73. The minimum atomic E-state index is -0.140. The fourth-order valence-electron chi connectivity index (χ4n) is 4.20. The third-order valence-electron chi connectivity index (χ3n) is 5.62. The lowest BCUT2D eigenvalue weighted by Crippen LogP contribution is -2.48. The molecule has 2 N–H and O–H groups in total. The van der Waals surface area contributed by atoms with Gasteiger partial charge in [-0.2, -0.15) is 5.26 Å². The molecule has 1 aliphatic rings. The van der Waals surface area contributed by atoms with E-state index in [0.29, 0.717) is 30.3 Å². The molecular formula is C23H24N6O2. The van der Waals surface area contributed by atoms with E-state index in [-0.39, 0.29) is 24.2 Å². The highest BCUT2D eigenvalue weighted by atomic mass is 16.2. The van der Waals surface area contributed by atoms with Gasteiger partial charge in [-0.25, -0.2) is 4.98 Å². The molecule has 8 heteroatoms. The number of likely N-dealkylation sites (tertiary alicyclic amines) is 1. The Morgan fingerprint density at radius 3 is 2.94 bits per heavy atom. The summed E-state index contributed by atoms with van der Waals surface area (Å²) in [7, 11) is 0. The van der Waals surface area contributed by atoms with E-state index in [1.807, 2.05) is 18.3 Å². The van der Waals surface area contributed by atoms with E-state index in [1.165, 1.54) is 6.92 Å². The minimum Gasteiger partial charge on any atom is -0.379 e. The number of ketones is 1. The number of hydrogen-bond donors (Lipinski definition) is 2. The molecule has 2 atom stereocenters. The predicted molar refractivity (Wildman–Crippen MR) is 117 cm³/mol. The Morgan fingerprint density at radius 2 is 2.16 bits per heavy atom. The molecular weight excluding hydrogens is 392 g/mol. The lowest BCUT2D eigenvalue weighted by molar-refractivity contribution is -0.132. The minimum absolute atomic E-state index is 0.0154. The highest BCUT2D eigenvalue weighted by Gasteiger charge is 2.28. The normalized spacial score (nSPS) is 18.5. The van der Waals surface area contributed by atoms with Crippen LogP contribution in [0.15, 0.2) is 36.8 Å². The second kappa shape index (κ2) is 8.56. The van der Waals surface area contributed by atoms with Gasteiger partial charge in [0, 0.05) is 54.2 Å². The number of piperidine rings is 1. The summed E-state index contributed by atoms with van der Waals surface area (Å²) in [5.41, 5.74) is 3.65. The molecule has 1 fully saturated rings. The molecule has 0 aromatic carbocycles. The summed E-state index contributed by atoms with van der Waals surface area (Å²) < 4.78 is 0. The largest absolute Gasteiger partial charge is 0.379 e. The summed E-state index contributed by atoms with van der Waals surface area (Å²) in [6.07, 6.45) is 5.99. The zero-order valence-corrected chi connectivity index (χ0v) is 17.6. The molecule has 4 heterocycles. The van der Waals surface area contributed by atoms with Crippen LogP contribution in [0.2, 0.25) is 0 Å². The van der Waals surface area contributed by atoms with Crippen LogP contribution in [0.3, 0.4) is 0 Å². The molecule has 0 bridgehead atoms. The number of carbonyl (C=O) groups excluding carboxylic acids is 2. The van der Waals surface area contributed by atoms with Crippen LogP contribution in [0.5, 0.6) is 0 Å². The zero-order chi connectivity index (χ0) is 22.0. The number of Topliss-reactive ketones (excluding diaryl/α,β-unsaturated/α-hetero) is 1. The molecule has 4 rings (SSSR count). The maximum absolute atomic E-state index is 12.3. The molecule has 0 aliphatic carbocycles. The fraction of sp³-hybridized carbons (Fsp3) is 0.348. The number of rotatable bonds is 5. The van der Waals surface area contributed by atoms with Crippen molar-refractivity contribution in [3.8, 4) is 17.3 Å². The predicted octanol–water partition coefficient (Wildman–Crippen LogP) is 3.39. The van der Waals surface area contributed by atoms with Crippen LogP contribution < -0.4 is 5.32 Å². The Balaban J connectivity index is 1.71. The molecule has 1 aliphatic heterocycles. The van der Waals surface area contributed by atoms with Crippen LogP contribution in [-0.2, 0) is 4.79 Å². The molecule has 158 valence electrons. The van der Waals surface area contributed by atoms with Crippen LogP contribution in [0.1, 0.15) is 37.0 Å². The van der Waals surface area contributed by atoms with E-state index in [1.54, 1.807) is 29.4 Å². The average Bonchev–Trinajstić information content (AvgIpc) is 3.23. The second-order valence-electron chi connectivity index (χ2n) is 8.09. The van der Waals surface area contributed by atoms with Crippen LogP contribution in [0, 0.1) is 17.2 Å². The summed E-state index contributed by atoms with van der Waals surface area (Å²) in [5.74, 6) is 0.139. The van der Waals surface area contributed by atoms with E-state index >= 15 is 0 Å². The summed E-state index contributed by atoms with van der Waals surface area (Å²) >= 11 is 0. The number of fused-ring (bicyclic) bond motifs is 1. The number of amides is 1. The maximum Gasteiger partial charge on any atom is 0.236 e. The summed E-state index contributed by atoms with van der Waals surface area (Å²) in [4.78, 5) is 38.1. The number of anilines is 1. The van der Waals surface area contributed by atoms with Crippen molar-refractivity contribution in [2.45, 2.75) is 32.7 Å². The van der Waals surface area contributed by atoms with Crippen molar-refractivity contribution in [3.63, 3.8) is 0 Å². The second-order valence-corrected chi connectivity index (χ2v) is 8.09. The standard InChI is InChI=1S/C23H24N6O2/c1-14-9-17(13-29(12-14)21(31)3-6-24)28-22-18-5-8-26-23(18)27-11-19(22)20-10-16(15(2)30)4-7-25-20/h4-5,7-8,10-11,14,17H,3,9,12-13H2,1-2H3,(H2,26,27,28)/t14-,17+/m0/s1.